The third kappa shape index (κ3) is 1.97. The number of furan rings is 1. The first-order chi connectivity index (χ1) is 7.61. The SMILES string of the molecule is Cc1ccc(C(C)N2CC(CN)CC2=O)o1. The lowest BCUT2D eigenvalue weighted by Crippen LogP contribution is -2.29. The Bertz CT molecular complexity index is 386. The van der Waals surface area contributed by atoms with Gasteiger partial charge in [-0.25, -0.2) is 0 Å². The molecule has 1 aromatic heterocycles. The summed E-state index contributed by atoms with van der Waals surface area (Å²) in [4.78, 5) is 13.7. The zero-order valence-electron chi connectivity index (χ0n) is 9.77. The molecule has 0 spiro atoms. The van der Waals surface area contributed by atoms with Crippen molar-refractivity contribution in [3.8, 4) is 0 Å². The van der Waals surface area contributed by atoms with Gasteiger partial charge in [-0.2, -0.15) is 0 Å². The van der Waals surface area contributed by atoms with E-state index in [2.05, 4.69) is 0 Å². The van der Waals surface area contributed by atoms with E-state index in [-0.39, 0.29) is 11.9 Å². The van der Waals surface area contributed by atoms with Gasteiger partial charge in [0.2, 0.25) is 5.91 Å². The van der Waals surface area contributed by atoms with E-state index in [1.165, 1.54) is 0 Å². The van der Waals surface area contributed by atoms with Gasteiger partial charge < -0.3 is 15.1 Å². The second-order valence-corrected chi connectivity index (χ2v) is 4.48. The topological polar surface area (TPSA) is 59.5 Å². The number of rotatable bonds is 3. The first-order valence-electron chi connectivity index (χ1n) is 5.67. The number of nitrogens with two attached hydrogens (primary N) is 1. The normalized spacial score (nSPS) is 22.8. The largest absolute Gasteiger partial charge is 0.464 e. The summed E-state index contributed by atoms with van der Waals surface area (Å²) in [5.74, 6) is 2.20. The van der Waals surface area contributed by atoms with Crippen molar-refractivity contribution in [3.63, 3.8) is 0 Å². The Balaban J connectivity index is 2.10. The predicted molar refractivity (Wildman–Crippen MR) is 60.7 cm³/mol. The molecule has 4 nitrogen and oxygen atoms in total. The number of amides is 1. The average molecular weight is 222 g/mol. The molecule has 2 N–H and O–H groups in total. The Kier molecular flexibility index (Phi) is 3.01. The zero-order chi connectivity index (χ0) is 11.7. The van der Waals surface area contributed by atoms with Gasteiger partial charge in [-0.1, -0.05) is 0 Å². The number of aryl methyl sites for hydroxylation is 1. The van der Waals surface area contributed by atoms with Gasteiger partial charge >= 0.3 is 0 Å². The van der Waals surface area contributed by atoms with Gasteiger partial charge in [-0.15, -0.1) is 0 Å². The van der Waals surface area contributed by atoms with Gasteiger partial charge in [0, 0.05) is 13.0 Å². The smallest absolute Gasteiger partial charge is 0.223 e. The van der Waals surface area contributed by atoms with Gasteiger partial charge in [0.15, 0.2) is 0 Å². The van der Waals surface area contributed by atoms with Gasteiger partial charge in [0.25, 0.3) is 0 Å². The summed E-state index contributed by atoms with van der Waals surface area (Å²) < 4.78 is 5.55. The van der Waals surface area contributed by atoms with E-state index in [1.54, 1.807) is 0 Å². The summed E-state index contributed by atoms with van der Waals surface area (Å²) in [6, 6.07) is 3.87. The van der Waals surface area contributed by atoms with E-state index < -0.39 is 0 Å². The molecule has 0 radical (unpaired) electrons. The van der Waals surface area contributed by atoms with Crippen molar-refractivity contribution in [2.24, 2.45) is 11.7 Å². The number of hydrogen-bond acceptors (Lipinski definition) is 3. The molecule has 4 heteroatoms. The molecule has 0 aliphatic carbocycles. The van der Waals surface area contributed by atoms with E-state index in [9.17, 15) is 4.79 Å². The minimum absolute atomic E-state index is 0.0118. The van der Waals surface area contributed by atoms with Crippen LogP contribution in [-0.4, -0.2) is 23.9 Å². The highest BCUT2D eigenvalue weighted by molar-refractivity contribution is 5.79. The molecular weight excluding hydrogens is 204 g/mol. The Morgan fingerprint density at radius 1 is 1.62 bits per heavy atom. The Labute approximate surface area is 95.4 Å². The minimum Gasteiger partial charge on any atom is -0.464 e. The van der Waals surface area contributed by atoms with Crippen LogP contribution >= 0.6 is 0 Å². The predicted octanol–water partition coefficient (Wildman–Crippen LogP) is 1.46. The number of nitrogens with zero attached hydrogens (tertiary/aromatic N) is 1. The molecule has 16 heavy (non-hydrogen) atoms. The molecule has 2 rings (SSSR count). The molecule has 0 aromatic carbocycles. The molecule has 0 saturated carbocycles. The number of likely N-dealkylation sites (tertiary alicyclic amines) is 1. The molecule has 1 saturated heterocycles. The monoisotopic (exact) mass is 222 g/mol. The van der Waals surface area contributed by atoms with Crippen LogP contribution in [0.15, 0.2) is 16.5 Å². The highest BCUT2D eigenvalue weighted by Crippen LogP contribution is 2.28. The average Bonchev–Trinajstić information content (AvgIpc) is 2.83. The van der Waals surface area contributed by atoms with Crippen molar-refractivity contribution in [1.82, 2.24) is 4.90 Å². The molecular formula is C12H18N2O2. The van der Waals surface area contributed by atoms with Crippen molar-refractivity contribution < 1.29 is 9.21 Å². The van der Waals surface area contributed by atoms with Crippen molar-refractivity contribution in [1.29, 1.82) is 0 Å². The van der Waals surface area contributed by atoms with Gasteiger partial charge in [0.1, 0.15) is 11.5 Å². The number of carbonyl (C=O) groups is 1. The van der Waals surface area contributed by atoms with Gasteiger partial charge in [0.05, 0.1) is 6.04 Å². The fourth-order valence-electron chi connectivity index (χ4n) is 2.17. The summed E-state index contributed by atoms with van der Waals surface area (Å²) in [5, 5.41) is 0. The maximum Gasteiger partial charge on any atom is 0.223 e. The minimum atomic E-state index is 0.0118. The first kappa shape index (κ1) is 11.2. The zero-order valence-corrected chi connectivity index (χ0v) is 9.77. The lowest BCUT2D eigenvalue weighted by molar-refractivity contribution is -0.129. The van der Waals surface area contributed by atoms with Crippen molar-refractivity contribution in [3.05, 3.63) is 23.7 Å². The van der Waals surface area contributed by atoms with Crippen LogP contribution in [0.5, 0.6) is 0 Å². The van der Waals surface area contributed by atoms with E-state index in [1.807, 2.05) is 30.9 Å². The van der Waals surface area contributed by atoms with Crippen molar-refractivity contribution >= 4 is 5.91 Å². The molecule has 2 unspecified atom stereocenters. The van der Waals surface area contributed by atoms with Crippen LogP contribution in [0.3, 0.4) is 0 Å². The quantitative estimate of drug-likeness (QED) is 0.842. The fourth-order valence-corrected chi connectivity index (χ4v) is 2.17. The van der Waals surface area contributed by atoms with Crippen LogP contribution in [0, 0.1) is 12.8 Å². The molecule has 88 valence electrons. The highest BCUT2D eigenvalue weighted by Gasteiger charge is 2.33. The molecule has 2 atom stereocenters. The summed E-state index contributed by atoms with van der Waals surface area (Å²) in [5.41, 5.74) is 5.60. The maximum absolute atomic E-state index is 11.8. The molecule has 1 aromatic rings. The lowest BCUT2D eigenvalue weighted by atomic mass is 10.1. The van der Waals surface area contributed by atoms with Crippen LogP contribution in [0.1, 0.15) is 30.9 Å². The summed E-state index contributed by atoms with van der Waals surface area (Å²) in [6.07, 6.45) is 0.570. The fraction of sp³-hybridized carbons (Fsp3) is 0.583. The third-order valence-electron chi connectivity index (χ3n) is 3.21. The molecule has 2 heterocycles. The van der Waals surface area contributed by atoms with Crippen LogP contribution in [0.2, 0.25) is 0 Å². The van der Waals surface area contributed by atoms with Crippen LogP contribution in [0.4, 0.5) is 0 Å². The highest BCUT2D eigenvalue weighted by atomic mass is 16.3. The van der Waals surface area contributed by atoms with Crippen molar-refractivity contribution in [2.75, 3.05) is 13.1 Å². The van der Waals surface area contributed by atoms with Crippen LogP contribution in [-0.2, 0) is 4.79 Å². The van der Waals surface area contributed by atoms with Gasteiger partial charge in [-0.05, 0) is 38.4 Å². The third-order valence-corrected chi connectivity index (χ3v) is 3.21. The van der Waals surface area contributed by atoms with Gasteiger partial charge in [-0.3, -0.25) is 4.79 Å². The number of hydrogen-bond donors (Lipinski definition) is 1. The van der Waals surface area contributed by atoms with E-state index >= 15 is 0 Å². The summed E-state index contributed by atoms with van der Waals surface area (Å²) in [7, 11) is 0. The Morgan fingerprint density at radius 3 is 2.88 bits per heavy atom. The lowest BCUT2D eigenvalue weighted by Gasteiger charge is -2.22. The Morgan fingerprint density at radius 2 is 2.38 bits per heavy atom. The Hall–Kier alpha value is -1.29. The molecule has 1 aliphatic heterocycles. The molecule has 1 amide bonds. The standard InChI is InChI=1S/C12H18N2O2/c1-8-3-4-11(16-8)9(2)14-7-10(6-13)5-12(14)15/h3-4,9-10H,5-7,13H2,1-2H3. The maximum atomic E-state index is 11.8. The second kappa shape index (κ2) is 4.29. The van der Waals surface area contributed by atoms with E-state index in [4.69, 9.17) is 10.2 Å². The van der Waals surface area contributed by atoms with Crippen LogP contribution in [0.25, 0.3) is 0 Å². The summed E-state index contributed by atoms with van der Waals surface area (Å²) >= 11 is 0. The first-order valence-corrected chi connectivity index (χ1v) is 5.67. The van der Waals surface area contributed by atoms with Crippen LogP contribution < -0.4 is 5.73 Å². The molecule has 0 bridgehead atoms. The molecule has 1 aliphatic rings. The number of carbonyl (C=O) groups excluding carboxylic acids is 1. The summed E-state index contributed by atoms with van der Waals surface area (Å²) in [6.45, 7) is 5.22. The van der Waals surface area contributed by atoms with Crippen molar-refractivity contribution in [2.45, 2.75) is 26.3 Å². The second-order valence-electron chi connectivity index (χ2n) is 4.48. The van der Waals surface area contributed by atoms with E-state index in [0.29, 0.717) is 18.9 Å². The van der Waals surface area contributed by atoms with E-state index in [0.717, 1.165) is 18.1 Å². The molecule has 1 fully saturated rings.